The molecule has 0 aliphatic carbocycles. The summed E-state index contributed by atoms with van der Waals surface area (Å²) in [5.41, 5.74) is 7.91. The van der Waals surface area contributed by atoms with Gasteiger partial charge in [0, 0.05) is 15.8 Å². The van der Waals surface area contributed by atoms with Crippen LogP contribution in [-0.2, 0) is 5.75 Å². The van der Waals surface area contributed by atoms with E-state index in [1.54, 1.807) is 6.21 Å². The molecule has 2 rings (SSSR count). The van der Waals surface area contributed by atoms with E-state index in [1.165, 1.54) is 17.3 Å². The molecular formula is C17H17Br2N3OS. The highest BCUT2D eigenvalue weighted by Crippen LogP contribution is 2.32. The molecule has 2 N–H and O–H groups in total. The van der Waals surface area contributed by atoms with E-state index >= 15 is 0 Å². The van der Waals surface area contributed by atoms with Gasteiger partial charge >= 0.3 is 0 Å². The highest BCUT2D eigenvalue weighted by atomic mass is 79.9. The Balaban J connectivity index is 2.04. The number of nitrogens with two attached hydrogens (primary N) is 1. The van der Waals surface area contributed by atoms with Gasteiger partial charge in [-0.2, -0.15) is 5.10 Å². The van der Waals surface area contributed by atoms with Gasteiger partial charge in [-0.3, -0.25) is 0 Å². The van der Waals surface area contributed by atoms with Crippen LogP contribution in [0.3, 0.4) is 0 Å². The molecule has 0 saturated heterocycles. The van der Waals surface area contributed by atoms with Crippen molar-refractivity contribution in [2.75, 3.05) is 6.61 Å². The molecule has 2 aromatic carbocycles. The fourth-order valence-corrected chi connectivity index (χ4v) is 3.87. The average molecular weight is 471 g/mol. The minimum Gasteiger partial charge on any atom is -0.492 e. The molecule has 0 atom stereocenters. The second-order valence-electron chi connectivity index (χ2n) is 4.70. The summed E-state index contributed by atoms with van der Waals surface area (Å²) in [6, 6.07) is 13.9. The molecule has 0 aromatic heterocycles. The topological polar surface area (TPSA) is 60.0 Å². The number of nitrogens with zero attached hydrogens (tertiary/aromatic N) is 2. The number of ether oxygens (including phenoxy) is 1. The van der Waals surface area contributed by atoms with Gasteiger partial charge in [-0.25, -0.2) is 0 Å². The Morgan fingerprint density at radius 3 is 2.71 bits per heavy atom. The minimum absolute atomic E-state index is 0.419. The van der Waals surface area contributed by atoms with Crippen LogP contribution < -0.4 is 10.5 Å². The van der Waals surface area contributed by atoms with E-state index in [0.29, 0.717) is 11.8 Å². The molecule has 24 heavy (non-hydrogen) atoms. The molecule has 0 aliphatic heterocycles. The second-order valence-corrected chi connectivity index (χ2v) is 7.46. The van der Waals surface area contributed by atoms with Crippen molar-refractivity contribution in [1.82, 2.24) is 0 Å². The summed E-state index contributed by atoms with van der Waals surface area (Å²) < 4.78 is 7.42. The molecule has 0 radical (unpaired) electrons. The van der Waals surface area contributed by atoms with Crippen molar-refractivity contribution in [2.24, 2.45) is 15.9 Å². The average Bonchev–Trinajstić information content (AvgIpc) is 2.57. The van der Waals surface area contributed by atoms with Crippen LogP contribution in [0, 0.1) is 0 Å². The van der Waals surface area contributed by atoms with Crippen molar-refractivity contribution in [3.63, 3.8) is 0 Å². The van der Waals surface area contributed by atoms with Gasteiger partial charge in [0.2, 0.25) is 0 Å². The fraction of sp³-hybridized carbons (Fsp3) is 0.176. The van der Waals surface area contributed by atoms with Gasteiger partial charge in [0.05, 0.1) is 17.3 Å². The van der Waals surface area contributed by atoms with Crippen molar-refractivity contribution >= 4 is 55.0 Å². The summed E-state index contributed by atoms with van der Waals surface area (Å²) >= 11 is 8.40. The Morgan fingerprint density at radius 2 is 2.00 bits per heavy atom. The number of rotatable bonds is 6. The van der Waals surface area contributed by atoms with Gasteiger partial charge in [0.15, 0.2) is 5.17 Å². The van der Waals surface area contributed by atoms with Gasteiger partial charge < -0.3 is 10.5 Å². The third-order valence-corrected chi connectivity index (χ3v) is 4.81. The third-order valence-electron chi connectivity index (χ3n) is 2.91. The van der Waals surface area contributed by atoms with Crippen molar-refractivity contribution < 1.29 is 4.74 Å². The maximum Gasteiger partial charge on any atom is 0.180 e. The molecule has 0 aliphatic rings. The lowest BCUT2D eigenvalue weighted by molar-refractivity contribution is 0.337. The molecule has 0 unspecified atom stereocenters. The molecule has 0 fully saturated rings. The maximum atomic E-state index is 5.89. The standard InChI is InChI=1S/C17H17Br2N3OS/c1-2-23-16-13(8-14(18)9-15(16)19)10-21-22-17(20)24-11-12-6-4-3-5-7-12/h3-10H,2,11H2,1H3,(H2,20,22). The predicted octanol–water partition coefficient (Wildman–Crippen LogP) is 5.19. The van der Waals surface area contributed by atoms with Crippen molar-refractivity contribution in [1.29, 1.82) is 0 Å². The Hall–Kier alpha value is -1.31. The quantitative estimate of drug-likeness (QED) is 0.359. The second kappa shape index (κ2) is 9.86. The zero-order valence-electron chi connectivity index (χ0n) is 13.1. The van der Waals surface area contributed by atoms with Crippen LogP contribution >= 0.6 is 43.6 Å². The van der Waals surface area contributed by atoms with Gasteiger partial charge in [0.1, 0.15) is 5.75 Å². The number of hydrogen-bond acceptors (Lipinski definition) is 4. The van der Waals surface area contributed by atoms with Crippen LogP contribution in [-0.4, -0.2) is 18.0 Å². The first-order chi connectivity index (χ1) is 11.6. The summed E-state index contributed by atoms with van der Waals surface area (Å²) in [5.74, 6) is 1.49. The van der Waals surface area contributed by atoms with E-state index in [-0.39, 0.29) is 0 Å². The van der Waals surface area contributed by atoms with E-state index < -0.39 is 0 Å². The van der Waals surface area contributed by atoms with E-state index in [0.717, 1.165) is 26.0 Å². The predicted molar refractivity (Wildman–Crippen MR) is 110 cm³/mol. The minimum atomic E-state index is 0.419. The van der Waals surface area contributed by atoms with Gasteiger partial charge in [-0.05, 0) is 40.5 Å². The molecule has 126 valence electrons. The lowest BCUT2D eigenvalue weighted by Gasteiger charge is -2.09. The van der Waals surface area contributed by atoms with Crippen LogP contribution in [0.5, 0.6) is 5.75 Å². The Kier molecular flexibility index (Phi) is 7.81. The number of halogens is 2. The monoisotopic (exact) mass is 469 g/mol. The summed E-state index contributed by atoms with van der Waals surface area (Å²) in [6.07, 6.45) is 1.64. The van der Waals surface area contributed by atoms with Crippen LogP contribution in [0.25, 0.3) is 0 Å². The van der Waals surface area contributed by atoms with E-state index in [4.69, 9.17) is 10.5 Å². The van der Waals surface area contributed by atoms with E-state index in [9.17, 15) is 0 Å². The zero-order valence-corrected chi connectivity index (χ0v) is 17.1. The smallest absolute Gasteiger partial charge is 0.180 e. The van der Waals surface area contributed by atoms with Crippen LogP contribution in [0.15, 0.2) is 61.6 Å². The summed E-state index contributed by atoms with van der Waals surface area (Å²) in [6.45, 7) is 2.51. The lowest BCUT2D eigenvalue weighted by atomic mass is 10.2. The third kappa shape index (κ3) is 5.96. The zero-order chi connectivity index (χ0) is 17.4. The van der Waals surface area contributed by atoms with Crippen molar-refractivity contribution in [3.8, 4) is 5.75 Å². The summed E-state index contributed by atoms with van der Waals surface area (Å²) in [5, 5.41) is 8.53. The van der Waals surface area contributed by atoms with Crippen molar-refractivity contribution in [2.45, 2.75) is 12.7 Å². The SMILES string of the molecule is CCOc1c(Br)cc(Br)cc1C=NN=C(N)SCc1ccccc1. The van der Waals surface area contributed by atoms with Gasteiger partial charge in [0.25, 0.3) is 0 Å². The van der Waals surface area contributed by atoms with E-state index in [1.807, 2.05) is 37.3 Å². The molecule has 0 saturated carbocycles. The molecule has 4 nitrogen and oxygen atoms in total. The molecule has 2 aromatic rings. The molecule has 0 bridgehead atoms. The largest absolute Gasteiger partial charge is 0.492 e. The first-order valence-electron chi connectivity index (χ1n) is 7.25. The number of hydrogen-bond donors (Lipinski definition) is 1. The maximum absolute atomic E-state index is 5.89. The lowest BCUT2D eigenvalue weighted by Crippen LogP contribution is -2.06. The van der Waals surface area contributed by atoms with Gasteiger partial charge in [-0.1, -0.05) is 58.0 Å². The van der Waals surface area contributed by atoms with Gasteiger partial charge in [-0.15, -0.1) is 5.10 Å². The molecule has 0 heterocycles. The molecule has 0 spiro atoms. The van der Waals surface area contributed by atoms with Crippen molar-refractivity contribution in [3.05, 3.63) is 62.5 Å². The molecule has 7 heteroatoms. The number of amidine groups is 1. The first-order valence-corrected chi connectivity index (χ1v) is 9.82. The number of benzene rings is 2. The summed E-state index contributed by atoms with van der Waals surface area (Å²) in [7, 11) is 0. The molecular weight excluding hydrogens is 454 g/mol. The van der Waals surface area contributed by atoms with Crippen LogP contribution in [0.1, 0.15) is 18.1 Å². The van der Waals surface area contributed by atoms with E-state index in [2.05, 4.69) is 54.2 Å². The fourth-order valence-electron chi connectivity index (χ4n) is 1.88. The molecule has 0 amide bonds. The Labute approximate surface area is 162 Å². The Morgan fingerprint density at radius 1 is 1.25 bits per heavy atom. The van der Waals surface area contributed by atoms with Crippen LogP contribution in [0.2, 0.25) is 0 Å². The Bertz CT molecular complexity index is 736. The summed E-state index contributed by atoms with van der Waals surface area (Å²) in [4.78, 5) is 0. The highest BCUT2D eigenvalue weighted by molar-refractivity contribution is 9.11. The number of thioether (sulfide) groups is 1. The normalized spacial score (nSPS) is 11.9. The first kappa shape index (κ1) is 19.0. The highest BCUT2D eigenvalue weighted by Gasteiger charge is 2.08. The van der Waals surface area contributed by atoms with Crippen LogP contribution in [0.4, 0.5) is 0 Å².